The smallest absolute Gasteiger partial charge is 0.221 e. The Kier molecular flexibility index (Phi) is 3.18. The van der Waals surface area contributed by atoms with E-state index in [1.54, 1.807) is 19.4 Å². The molecule has 2 aromatic rings. The van der Waals surface area contributed by atoms with Gasteiger partial charge in [0, 0.05) is 24.2 Å². The predicted molar refractivity (Wildman–Crippen MR) is 68.3 cm³/mol. The Morgan fingerprint density at radius 2 is 2.06 bits per heavy atom. The van der Waals surface area contributed by atoms with Crippen molar-refractivity contribution < 1.29 is 9.84 Å². The second kappa shape index (κ2) is 4.79. The van der Waals surface area contributed by atoms with Gasteiger partial charge in [-0.05, 0) is 17.7 Å². The molecule has 1 heterocycles. The molecule has 0 atom stereocenters. The van der Waals surface area contributed by atoms with Crippen LogP contribution in [-0.4, -0.2) is 22.2 Å². The van der Waals surface area contributed by atoms with E-state index >= 15 is 0 Å². The summed E-state index contributed by atoms with van der Waals surface area (Å²) in [5.74, 6) is 1.20. The van der Waals surface area contributed by atoms with Gasteiger partial charge in [0.25, 0.3) is 0 Å². The van der Waals surface area contributed by atoms with E-state index in [2.05, 4.69) is 9.97 Å². The standard InChI is InChI=1S/C12H14N4O2/c1-18-10-4-7(3-9(17)5-10)2-8-6-15-12(14)16-11(8)13/h3-6,17H,2H2,1H3,(H4,13,14,15,16). The average Bonchev–Trinajstić information content (AvgIpc) is 2.32. The van der Waals surface area contributed by atoms with E-state index in [1.165, 1.54) is 6.07 Å². The number of nitrogen functional groups attached to an aromatic ring is 2. The number of aromatic nitrogens is 2. The van der Waals surface area contributed by atoms with E-state index < -0.39 is 0 Å². The molecule has 1 aromatic carbocycles. The Bertz CT molecular complexity index is 572. The number of rotatable bonds is 3. The van der Waals surface area contributed by atoms with Gasteiger partial charge >= 0.3 is 0 Å². The first-order chi connectivity index (χ1) is 8.58. The van der Waals surface area contributed by atoms with Gasteiger partial charge in [-0.25, -0.2) is 4.98 Å². The molecule has 0 saturated carbocycles. The highest BCUT2D eigenvalue weighted by molar-refractivity contribution is 5.46. The van der Waals surface area contributed by atoms with Crippen LogP contribution in [0.4, 0.5) is 11.8 Å². The minimum atomic E-state index is 0.138. The Hall–Kier alpha value is -2.50. The van der Waals surface area contributed by atoms with Gasteiger partial charge in [0.2, 0.25) is 5.95 Å². The normalized spacial score (nSPS) is 10.3. The highest BCUT2D eigenvalue weighted by Gasteiger charge is 2.06. The quantitative estimate of drug-likeness (QED) is 0.744. The first-order valence-corrected chi connectivity index (χ1v) is 5.32. The lowest BCUT2D eigenvalue weighted by Gasteiger charge is -2.07. The SMILES string of the molecule is COc1cc(O)cc(Cc2cnc(N)nc2N)c1. The van der Waals surface area contributed by atoms with Crippen LogP contribution in [0.2, 0.25) is 0 Å². The summed E-state index contributed by atoms with van der Waals surface area (Å²) in [6.07, 6.45) is 2.07. The van der Waals surface area contributed by atoms with Crippen LogP contribution < -0.4 is 16.2 Å². The fraction of sp³-hybridized carbons (Fsp3) is 0.167. The molecular weight excluding hydrogens is 232 g/mol. The highest BCUT2D eigenvalue weighted by Crippen LogP contribution is 2.24. The van der Waals surface area contributed by atoms with Gasteiger partial charge in [-0.2, -0.15) is 4.98 Å². The molecule has 0 aliphatic carbocycles. The summed E-state index contributed by atoms with van der Waals surface area (Å²) >= 11 is 0. The van der Waals surface area contributed by atoms with Crippen LogP contribution in [0.1, 0.15) is 11.1 Å². The van der Waals surface area contributed by atoms with E-state index in [0.29, 0.717) is 18.0 Å². The van der Waals surface area contributed by atoms with Gasteiger partial charge in [-0.1, -0.05) is 0 Å². The second-order valence-corrected chi connectivity index (χ2v) is 3.85. The van der Waals surface area contributed by atoms with Crippen LogP contribution in [0, 0.1) is 0 Å². The van der Waals surface area contributed by atoms with Crippen LogP contribution in [0.3, 0.4) is 0 Å². The molecule has 5 N–H and O–H groups in total. The number of phenols is 1. The van der Waals surface area contributed by atoms with Crippen LogP contribution in [0.15, 0.2) is 24.4 Å². The summed E-state index contributed by atoms with van der Waals surface area (Å²) < 4.78 is 5.08. The van der Waals surface area contributed by atoms with Crippen LogP contribution >= 0.6 is 0 Å². The molecule has 0 saturated heterocycles. The zero-order valence-electron chi connectivity index (χ0n) is 9.92. The topological polar surface area (TPSA) is 107 Å². The fourth-order valence-corrected chi connectivity index (χ4v) is 1.65. The van der Waals surface area contributed by atoms with Crippen LogP contribution in [-0.2, 0) is 6.42 Å². The number of hydrogen-bond acceptors (Lipinski definition) is 6. The molecule has 0 fully saturated rings. The molecule has 0 radical (unpaired) electrons. The Morgan fingerprint density at radius 3 is 2.72 bits per heavy atom. The number of methoxy groups -OCH3 is 1. The molecule has 6 nitrogen and oxygen atoms in total. The van der Waals surface area contributed by atoms with Crippen LogP contribution in [0.5, 0.6) is 11.5 Å². The van der Waals surface area contributed by atoms with E-state index in [4.69, 9.17) is 16.2 Å². The molecule has 2 rings (SSSR count). The van der Waals surface area contributed by atoms with Gasteiger partial charge in [0.15, 0.2) is 0 Å². The number of nitrogens with two attached hydrogens (primary N) is 2. The average molecular weight is 246 g/mol. The summed E-state index contributed by atoms with van der Waals surface area (Å²) in [6.45, 7) is 0. The van der Waals surface area contributed by atoms with Crippen molar-refractivity contribution in [3.05, 3.63) is 35.5 Å². The van der Waals surface area contributed by atoms with Crippen molar-refractivity contribution in [2.45, 2.75) is 6.42 Å². The van der Waals surface area contributed by atoms with Gasteiger partial charge in [0.05, 0.1) is 7.11 Å². The maximum absolute atomic E-state index is 9.55. The lowest BCUT2D eigenvalue weighted by atomic mass is 10.1. The highest BCUT2D eigenvalue weighted by atomic mass is 16.5. The van der Waals surface area contributed by atoms with Crippen molar-refractivity contribution in [1.82, 2.24) is 9.97 Å². The van der Waals surface area contributed by atoms with E-state index in [9.17, 15) is 5.11 Å². The molecule has 0 spiro atoms. The summed E-state index contributed by atoms with van der Waals surface area (Å²) in [5.41, 5.74) is 12.8. The van der Waals surface area contributed by atoms with E-state index in [-0.39, 0.29) is 11.7 Å². The monoisotopic (exact) mass is 246 g/mol. The molecule has 94 valence electrons. The molecule has 0 bridgehead atoms. The second-order valence-electron chi connectivity index (χ2n) is 3.85. The molecular formula is C12H14N4O2. The van der Waals surface area contributed by atoms with Gasteiger partial charge in [0.1, 0.15) is 17.3 Å². The molecule has 18 heavy (non-hydrogen) atoms. The van der Waals surface area contributed by atoms with E-state index in [0.717, 1.165) is 11.1 Å². The summed E-state index contributed by atoms with van der Waals surface area (Å²) in [5, 5.41) is 9.55. The lowest BCUT2D eigenvalue weighted by Crippen LogP contribution is -2.04. The van der Waals surface area contributed by atoms with Crippen LogP contribution in [0.25, 0.3) is 0 Å². The molecule has 0 aliphatic rings. The first kappa shape index (κ1) is 12.0. The predicted octanol–water partition coefficient (Wildman–Crippen LogP) is 0.946. The molecule has 6 heteroatoms. The number of aromatic hydroxyl groups is 1. The summed E-state index contributed by atoms with van der Waals surface area (Å²) in [7, 11) is 1.54. The van der Waals surface area contributed by atoms with E-state index in [1.807, 2.05) is 6.07 Å². The lowest BCUT2D eigenvalue weighted by molar-refractivity contribution is 0.407. The Morgan fingerprint density at radius 1 is 1.28 bits per heavy atom. The number of ether oxygens (including phenoxy) is 1. The van der Waals surface area contributed by atoms with Gasteiger partial charge in [-0.3, -0.25) is 0 Å². The van der Waals surface area contributed by atoms with Crippen molar-refractivity contribution in [1.29, 1.82) is 0 Å². The van der Waals surface area contributed by atoms with Crippen molar-refractivity contribution in [2.75, 3.05) is 18.6 Å². The number of benzene rings is 1. The number of phenolic OH excluding ortho intramolecular Hbond substituents is 1. The van der Waals surface area contributed by atoms with Crippen molar-refractivity contribution in [2.24, 2.45) is 0 Å². The fourth-order valence-electron chi connectivity index (χ4n) is 1.65. The summed E-state index contributed by atoms with van der Waals surface area (Å²) in [4.78, 5) is 7.78. The molecule has 0 unspecified atom stereocenters. The Balaban J connectivity index is 2.30. The van der Waals surface area contributed by atoms with Gasteiger partial charge in [-0.15, -0.1) is 0 Å². The van der Waals surface area contributed by atoms with Crippen molar-refractivity contribution in [3.63, 3.8) is 0 Å². The van der Waals surface area contributed by atoms with Crippen molar-refractivity contribution >= 4 is 11.8 Å². The minimum absolute atomic E-state index is 0.138. The number of anilines is 2. The number of hydrogen-bond donors (Lipinski definition) is 3. The zero-order valence-corrected chi connectivity index (χ0v) is 9.92. The molecule has 0 aliphatic heterocycles. The third-order valence-corrected chi connectivity index (χ3v) is 2.50. The zero-order chi connectivity index (χ0) is 13.1. The maximum Gasteiger partial charge on any atom is 0.221 e. The summed E-state index contributed by atoms with van der Waals surface area (Å²) in [6, 6.07) is 4.99. The molecule has 0 amide bonds. The van der Waals surface area contributed by atoms with Crippen molar-refractivity contribution in [3.8, 4) is 11.5 Å². The largest absolute Gasteiger partial charge is 0.508 e. The molecule has 1 aromatic heterocycles. The Labute approximate surface area is 104 Å². The minimum Gasteiger partial charge on any atom is -0.508 e. The third-order valence-electron chi connectivity index (χ3n) is 2.50. The number of nitrogens with zero attached hydrogens (tertiary/aromatic N) is 2. The first-order valence-electron chi connectivity index (χ1n) is 5.32. The maximum atomic E-state index is 9.55. The third kappa shape index (κ3) is 2.60. The van der Waals surface area contributed by atoms with Gasteiger partial charge < -0.3 is 21.3 Å².